The minimum Gasteiger partial charge on any atom is -0.477 e. The number of hydrogen-bond donors (Lipinski definition) is 1. The van der Waals surface area contributed by atoms with Gasteiger partial charge in [0.25, 0.3) is 5.56 Å². The maximum Gasteiger partial charge on any atom is 0.342 e. The lowest BCUT2D eigenvalue weighted by Crippen LogP contribution is -2.27. The van der Waals surface area contributed by atoms with E-state index in [4.69, 9.17) is 9.84 Å². The van der Waals surface area contributed by atoms with Crippen molar-refractivity contribution >= 4 is 5.97 Å². The van der Waals surface area contributed by atoms with Crippen LogP contribution in [0.4, 0.5) is 0 Å². The Balaban J connectivity index is 2.13. The Labute approximate surface area is 97.9 Å². The van der Waals surface area contributed by atoms with E-state index in [0.29, 0.717) is 6.54 Å². The summed E-state index contributed by atoms with van der Waals surface area (Å²) in [5.74, 6) is -1.25. The molecule has 1 N–H and O–H groups in total. The number of hydrogen-bond acceptors (Lipinski definition) is 4. The Bertz CT molecular complexity index is 463. The molecule has 92 valence electrons. The van der Waals surface area contributed by atoms with Gasteiger partial charge in [-0.15, -0.1) is 0 Å². The Morgan fingerprint density at radius 3 is 3.06 bits per heavy atom. The lowest BCUT2D eigenvalue weighted by Gasteiger charge is -2.23. The first-order chi connectivity index (χ1) is 8.16. The van der Waals surface area contributed by atoms with Crippen molar-refractivity contribution in [3.63, 3.8) is 0 Å². The summed E-state index contributed by atoms with van der Waals surface area (Å²) in [4.78, 5) is 25.5. The standard InChI is InChI=1S/C11H14N2O4/c14-10-9(11(15)16)6-13(7-12-10)5-8-3-1-2-4-17-8/h6-8H,1-5H2,(H,15,16). The van der Waals surface area contributed by atoms with E-state index in [9.17, 15) is 9.59 Å². The van der Waals surface area contributed by atoms with E-state index >= 15 is 0 Å². The van der Waals surface area contributed by atoms with Crippen LogP contribution in [0.3, 0.4) is 0 Å². The summed E-state index contributed by atoms with van der Waals surface area (Å²) >= 11 is 0. The van der Waals surface area contributed by atoms with E-state index in [0.717, 1.165) is 25.9 Å². The summed E-state index contributed by atoms with van der Waals surface area (Å²) < 4.78 is 7.14. The monoisotopic (exact) mass is 238 g/mol. The van der Waals surface area contributed by atoms with Crippen LogP contribution >= 0.6 is 0 Å². The van der Waals surface area contributed by atoms with Gasteiger partial charge in [0.15, 0.2) is 0 Å². The zero-order valence-corrected chi connectivity index (χ0v) is 9.33. The quantitative estimate of drug-likeness (QED) is 0.829. The molecule has 1 unspecified atom stereocenters. The van der Waals surface area contributed by atoms with Crippen molar-refractivity contribution in [2.24, 2.45) is 0 Å². The summed E-state index contributed by atoms with van der Waals surface area (Å²) in [5.41, 5.74) is -1.01. The molecule has 0 aromatic carbocycles. The van der Waals surface area contributed by atoms with Crippen molar-refractivity contribution in [3.05, 3.63) is 28.4 Å². The van der Waals surface area contributed by atoms with Gasteiger partial charge in [-0.25, -0.2) is 4.79 Å². The fraction of sp³-hybridized carbons (Fsp3) is 0.545. The number of aromatic nitrogens is 2. The van der Waals surface area contributed by atoms with E-state index in [-0.39, 0.29) is 11.7 Å². The molecular weight excluding hydrogens is 224 g/mol. The van der Waals surface area contributed by atoms with Gasteiger partial charge in [0.1, 0.15) is 5.56 Å². The Morgan fingerprint density at radius 1 is 1.59 bits per heavy atom. The van der Waals surface area contributed by atoms with Gasteiger partial charge in [-0.3, -0.25) is 4.79 Å². The molecule has 0 radical (unpaired) electrons. The summed E-state index contributed by atoms with van der Waals surface area (Å²) in [7, 11) is 0. The molecule has 1 aliphatic heterocycles. The summed E-state index contributed by atoms with van der Waals surface area (Å²) in [6, 6.07) is 0. The second-order valence-corrected chi connectivity index (χ2v) is 4.08. The molecule has 1 saturated heterocycles. The fourth-order valence-electron chi connectivity index (χ4n) is 1.88. The Morgan fingerprint density at radius 2 is 2.41 bits per heavy atom. The van der Waals surface area contributed by atoms with Crippen LogP contribution < -0.4 is 5.56 Å². The Kier molecular flexibility index (Phi) is 3.53. The van der Waals surface area contributed by atoms with Gasteiger partial charge in [0.2, 0.25) is 0 Å². The van der Waals surface area contributed by atoms with Gasteiger partial charge in [-0.1, -0.05) is 0 Å². The first-order valence-corrected chi connectivity index (χ1v) is 5.58. The third kappa shape index (κ3) is 2.91. The molecule has 0 bridgehead atoms. The maximum absolute atomic E-state index is 11.2. The van der Waals surface area contributed by atoms with Crippen LogP contribution in [-0.2, 0) is 11.3 Å². The van der Waals surface area contributed by atoms with Gasteiger partial charge in [0.05, 0.1) is 12.4 Å². The molecule has 1 aliphatic rings. The van der Waals surface area contributed by atoms with Gasteiger partial charge in [0, 0.05) is 19.3 Å². The van der Waals surface area contributed by atoms with E-state index in [1.807, 2.05) is 0 Å². The Hall–Kier alpha value is -1.69. The molecule has 0 aliphatic carbocycles. The van der Waals surface area contributed by atoms with E-state index in [2.05, 4.69) is 4.98 Å². The van der Waals surface area contributed by atoms with Crippen LogP contribution in [0.1, 0.15) is 29.6 Å². The van der Waals surface area contributed by atoms with Crippen molar-refractivity contribution < 1.29 is 14.6 Å². The third-order valence-corrected chi connectivity index (χ3v) is 2.77. The summed E-state index contributed by atoms with van der Waals surface area (Å²) in [6.45, 7) is 1.28. The number of carboxylic acids is 1. The first-order valence-electron chi connectivity index (χ1n) is 5.58. The molecule has 0 saturated carbocycles. The average molecular weight is 238 g/mol. The number of carboxylic acid groups (broad SMARTS) is 1. The number of carbonyl (C=O) groups is 1. The number of ether oxygens (including phenoxy) is 1. The van der Waals surface area contributed by atoms with E-state index in [1.165, 1.54) is 12.5 Å². The van der Waals surface area contributed by atoms with Gasteiger partial charge >= 0.3 is 5.97 Å². The van der Waals surface area contributed by atoms with Crippen molar-refractivity contribution in [1.29, 1.82) is 0 Å². The molecule has 1 atom stereocenters. The largest absolute Gasteiger partial charge is 0.477 e. The van der Waals surface area contributed by atoms with Crippen LogP contribution in [0, 0.1) is 0 Å². The van der Waals surface area contributed by atoms with Crippen LogP contribution in [0.25, 0.3) is 0 Å². The van der Waals surface area contributed by atoms with Gasteiger partial charge in [-0.2, -0.15) is 4.98 Å². The normalized spacial score (nSPS) is 20.1. The van der Waals surface area contributed by atoms with E-state index in [1.54, 1.807) is 4.57 Å². The second-order valence-electron chi connectivity index (χ2n) is 4.08. The van der Waals surface area contributed by atoms with Crippen molar-refractivity contribution in [3.8, 4) is 0 Å². The lowest BCUT2D eigenvalue weighted by atomic mass is 10.1. The number of rotatable bonds is 3. The molecule has 0 spiro atoms. The summed E-state index contributed by atoms with van der Waals surface area (Å²) in [6.07, 6.45) is 5.88. The molecule has 0 amide bonds. The minimum absolute atomic E-state index is 0.0784. The predicted molar refractivity (Wildman–Crippen MR) is 59.0 cm³/mol. The smallest absolute Gasteiger partial charge is 0.342 e. The van der Waals surface area contributed by atoms with Crippen molar-refractivity contribution in [1.82, 2.24) is 9.55 Å². The number of nitrogens with zero attached hydrogens (tertiary/aromatic N) is 2. The van der Waals surface area contributed by atoms with Crippen molar-refractivity contribution in [2.45, 2.75) is 31.9 Å². The first kappa shape index (κ1) is 11.8. The molecule has 2 rings (SSSR count). The van der Waals surface area contributed by atoms with Crippen LogP contribution in [-0.4, -0.2) is 33.3 Å². The van der Waals surface area contributed by atoms with Gasteiger partial charge < -0.3 is 14.4 Å². The van der Waals surface area contributed by atoms with Crippen LogP contribution in [0.5, 0.6) is 0 Å². The summed E-state index contributed by atoms with van der Waals surface area (Å²) in [5, 5.41) is 8.81. The van der Waals surface area contributed by atoms with Crippen molar-refractivity contribution in [2.75, 3.05) is 6.61 Å². The average Bonchev–Trinajstić information content (AvgIpc) is 2.32. The molecule has 6 heteroatoms. The zero-order valence-electron chi connectivity index (χ0n) is 9.33. The zero-order chi connectivity index (χ0) is 12.3. The molecular formula is C11H14N2O4. The molecule has 17 heavy (non-hydrogen) atoms. The molecule has 1 aromatic heterocycles. The molecule has 6 nitrogen and oxygen atoms in total. The number of aromatic carboxylic acids is 1. The van der Waals surface area contributed by atoms with Crippen LogP contribution in [0.15, 0.2) is 17.3 Å². The predicted octanol–water partition coefficient (Wildman–Crippen LogP) is 0.511. The highest BCUT2D eigenvalue weighted by Gasteiger charge is 2.15. The molecule has 1 aromatic rings. The lowest BCUT2D eigenvalue weighted by molar-refractivity contribution is 0.00565. The highest BCUT2D eigenvalue weighted by molar-refractivity contribution is 5.86. The van der Waals surface area contributed by atoms with E-state index < -0.39 is 11.5 Å². The third-order valence-electron chi connectivity index (χ3n) is 2.77. The SMILES string of the molecule is O=C(O)c1cn(CC2CCCCO2)cnc1=O. The van der Waals surface area contributed by atoms with Gasteiger partial charge in [-0.05, 0) is 19.3 Å². The second kappa shape index (κ2) is 5.09. The maximum atomic E-state index is 11.2. The molecule has 1 fully saturated rings. The highest BCUT2D eigenvalue weighted by atomic mass is 16.5. The molecule has 2 heterocycles. The topological polar surface area (TPSA) is 81.4 Å². The minimum atomic E-state index is -1.25. The highest BCUT2D eigenvalue weighted by Crippen LogP contribution is 2.14. The van der Waals surface area contributed by atoms with Crippen LogP contribution in [0.2, 0.25) is 0 Å². The fourth-order valence-corrected chi connectivity index (χ4v) is 1.88.